The Morgan fingerprint density at radius 2 is 1.35 bits per heavy atom. The van der Waals surface area contributed by atoms with E-state index in [1.165, 1.54) is 0 Å². The van der Waals surface area contributed by atoms with Gasteiger partial charge in [0.1, 0.15) is 41.0 Å². The lowest BCUT2D eigenvalue weighted by molar-refractivity contribution is -0.184. The molecular weight excluding hydrogens is 675 g/mol. The molecule has 6 rings (SSSR count). The van der Waals surface area contributed by atoms with Gasteiger partial charge >= 0.3 is 0 Å². The highest BCUT2D eigenvalue weighted by atomic mass is 31.2. The number of methoxy groups -OCH3 is 2. The van der Waals surface area contributed by atoms with E-state index in [1.807, 2.05) is 84.9 Å². The lowest BCUT2D eigenvalue weighted by Gasteiger charge is -2.41. The Morgan fingerprint density at radius 1 is 0.808 bits per heavy atom. The first-order valence-corrected chi connectivity index (χ1v) is 19.0. The summed E-state index contributed by atoms with van der Waals surface area (Å²) in [6.45, 7) is 9.19. The van der Waals surface area contributed by atoms with Crippen molar-refractivity contribution in [3.05, 3.63) is 131 Å². The number of nitriles is 1. The molecular formula is C42H49N2O7P. The quantitative estimate of drug-likeness (QED) is 0.0603. The molecule has 0 amide bonds. The van der Waals surface area contributed by atoms with Crippen molar-refractivity contribution in [1.82, 2.24) is 4.67 Å². The van der Waals surface area contributed by atoms with Crippen molar-refractivity contribution in [3.63, 3.8) is 0 Å². The summed E-state index contributed by atoms with van der Waals surface area (Å²) >= 11 is 0. The van der Waals surface area contributed by atoms with Crippen LogP contribution in [0.5, 0.6) is 11.5 Å². The molecule has 2 bridgehead atoms. The molecule has 2 aliphatic heterocycles. The number of hydrogen-bond acceptors (Lipinski definition) is 9. The number of rotatable bonds is 17. The monoisotopic (exact) mass is 724 g/mol. The maximum Gasteiger partial charge on any atom is 0.259 e. The summed E-state index contributed by atoms with van der Waals surface area (Å²) in [5, 5.41) is 9.36. The first kappa shape index (κ1) is 37.9. The Morgan fingerprint density at radius 3 is 1.87 bits per heavy atom. The minimum Gasteiger partial charge on any atom is -0.497 e. The highest BCUT2D eigenvalue weighted by Gasteiger charge is 2.64. The summed E-state index contributed by atoms with van der Waals surface area (Å²) in [6.07, 6.45) is -1.08. The third-order valence-corrected chi connectivity index (χ3v) is 11.8. The molecule has 2 fully saturated rings. The van der Waals surface area contributed by atoms with Gasteiger partial charge in [0, 0.05) is 12.1 Å². The average Bonchev–Trinajstić information content (AvgIpc) is 3.67. The zero-order valence-corrected chi connectivity index (χ0v) is 31.7. The second-order valence-corrected chi connectivity index (χ2v) is 15.1. The van der Waals surface area contributed by atoms with Crippen LogP contribution in [0.1, 0.15) is 62.5 Å². The summed E-state index contributed by atoms with van der Waals surface area (Å²) in [6, 6.07) is 38.8. The molecule has 2 aliphatic rings. The predicted molar refractivity (Wildman–Crippen MR) is 201 cm³/mol. The van der Waals surface area contributed by atoms with E-state index in [0.29, 0.717) is 0 Å². The van der Waals surface area contributed by atoms with Crippen LogP contribution in [0.25, 0.3) is 0 Å². The van der Waals surface area contributed by atoms with Crippen molar-refractivity contribution in [3.8, 4) is 17.6 Å². The fourth-order valence-electron chi connectivity index (χ4n) is 7.28. The van der Waals surface area contributed by atoms with Gasteiger partial charge in [-0.05, 0) is 74.2 Å². The largest absolute Gasteiger partial charge is 0.497 e. The minimum absolute atomic E-state index is 0.127. The molecule has 0 radical (unpaired) electrons. The molecule has 274 valence electrons. The lowest BCUT2D eigenvalue weighted by atomic mass is 9.79. The van der Waals surface area contributed by atoms with Gasteiger partial charge in [0.15, 0.2) is 0 Å². The van der Waals surface area contributed by atoms with E-state index in [1.54, 1.807) is 14.2 Å². The molecule has 52 heavy (non-hydrogen) atoms. The van der Waals surface area contributed by atoms with Crippen LogP contribution in [-0.2, 0) is 28.9 Å². The van der Waals surface area contributed by atoms with Gasteiger partial charge in [0.05, 0.1) is 46.5 Å². The maximum atomic E-state index is 9.36. The predicted octanol–water partition coefficient (Wildman–Crippen LogP) is 8.58. The average molecular weight is 725 g/mol. The van der Waals surface area contributed by atoms with Gasteiger partial charge in [-0.25, -0.2) is 4.67 Å². The first-order valence-electron chi connectivity index (χ1n) is 17.8. The van der Waals surface area contributed by atoms with Crippen LogP contribution >= 0.6 is 8.53 Å². The second kappa shape index (κ2) is 16.9. The molecule has 0 saturated carbocycles. The first-order chi connectivity index (χ1) is 25.3. The van der Waals surface area contributed by atoms with Gasteiger partial charge in [0.2, 0.25) is 0 Å². The van der Waals surface area contributed by atoms with Gasteiger partial charge in [-0.15, -0.1) is 0 Å². The molecule has 0 spiro atoms. The van der Waals surface area contributed by atoms with E-state index in [9.17, 15) is 5.26 Å². The zero-order chi connectivity index (χ0) is 36.7. The van der Waals surface area contributed by atoms with Crippen LogP contribution in [0.15, 0.2) is 109 Å². The summed E-state index contributed by atoms with van der Waals surface area (Å²) in [5.74, 6) is 1.49. The third-order valence-electron chi connectivity index (χ3n) is 9.70. The number of ether oxygens (including phenoxy) is 5. The number of benzene rings is 4. The number of fused-ring (bicyclic) bond motifs is 2. The van der Waals surface area contributed by atoms with Crippen LogP contribution in [0.3, 0.4) is 0 Å². The molecule has 10 heteroatoms. The fraction of sp³-hybridized carbons (Fsp3) is 0.405. The third kappa shape index (κ3) is 7.62. The van der Waals surface area contributed by atoms with Crippen molar-refractivity contribution < 1.29 is 32.7 Å². The minimum atomic E-state index is -1.60. The van der Waals surface area contributed by atoms with Gasteiger partial charge in [0.25, 0.3) is 8.53 Å². The van der Waals surface area contributed by atoms with Crippen LogP contribution in [-0.4, -0.2) is 68.6 Å². The van der Waals surface area contributed by atoms with Gasteiger partial charge in [-0.1, -0.05) is 84.9 Å². The molecule has 5 atom stereocenters. The molecule has 0 aliphatic carbocycles. The SMILES string of the molecule is COc1ccc(C(OC[C@@]23CO[C@H]([C@H]2OP(OCCC#N)N(C(C)C)C(C)C)[C@H](c2ccccc2)O3)(c2ccccc2)c2ccc(OC)cc2)cc1. The van der Waals surface area contributed by atoms with Gasteiger partial charge in [-0.3, -0.25) is 0 Å². The summed E-state index contributed by atoms with van der Waals surface area (Å²) in [4.78, 5) is 0. The van der Waals surface area contributed by atoms with Gasteiger partial charge in [-0.2, -0.15) is 5.26 Å². The molecule has 1 unspecified atom stereocenters. The van der Waals surface area contributed by atoms with E-state index in [0.717, 1.165) is 33.8 Å². The van der Waals surface area contributed by atoms with Crippen molar-refractivity contribution >= 4 is 8.53 Å². The van der Waals surface area contributed by atoms with Crippen LogP contribution in [0.2, 0.25) is 0 Å². The topological polar surface area (TPSA) is 91.6 Å². The van der Waals surface area contributed by atoms with Crippen LogP contribution in [0, 0.1) is 11.3 Å². The lowest BCUT2D eigenvalue weighted by Crippen LogP contribution is -2.49. The van der Waals surface area contributed by atoms with E-state index in [2.05, 4.69) is 62.7 Å². The molecule has 4 aromatic rings. The summed E-state index contributed by atoms with van der Waals surface area (Å²) in [5.41, 5.74) is 1.71. The van der Waals surface area contributed by atoms with Crippen molar-refractivity contribution in [2.45, 2.75) is 75.7 Å². The Balaban J connectivity index is 1.46. The maximum absolute atomic E-state index is 9.36. The highest BCUT2D eigenvalue weighted by Crippen LogP contribution is 2.57. The fourth-order valence-corrected chi connectivity index (χ4v) is 9.09. The summed E-state index contributed by atoms with van der Waals surface area (Å²) in [7, 11) is 1.72. The second-order valence-electron chi connectivity index (χ2n) is 13.7. The van der Waals surface area contributed by atoms with E-state index >= 15 is 0 Å². The summed E-state index contributed by atoms with van der Waals surface area (Å²) < 4.78 is 48.1. The van der Waals surface area contributed by atoms with E-state index in [-0.39, 0.29) is 44.4 Å². The van der Waals surface area contributed by atoms with Gasteiger partial charge < -0.3 is 32.7 Å². The Bertz CT molecular complexity index is 1700. The zero-order valence-electron chi connectivity index (χ0n) is 30.8. The Hall–Kier alpha value is -3.84. The van der Waals surface area contributed by atoms with E-state index < -0.39 is 31.9 Å². The highest BCUT2D eigenvalue weighted by molar-refractivity contribution is 7.44. The van der Waals surface area contributed by atoms with Crippen molar-refractivity contribution in [2.75, 3.05) is 34.0 Å². The molecule has 2 saturated heterocycles. The molecule has 0 aromatic heterocycles. The van der Waals surface area contributed by atoms with Crippen molar-refractivity contribution in [1.29, 1.82) is 5.26 Å². The van der Waals surface area contributed by atoms with Crippen LogP contribution < -0.4 is 9.47 Å². The van der Waals surface area contributed by atoms with Crippen LogP contribution in [0.4, 0.5) is 0 Å². The standard InChI is InChI=1S/C42H49N2O7P/c1-30(2)44(31(3)4)52(49-27-13-26-43)51-40-39-38(32-14-9-7-10-15-32)50-41(40,28-47-39)29-48-42(33-16-11-8-12-17-33,34-18-22-36(45-5)23-19-34)35-20-24-37(46-6)25-21-35/h7-12,14-25,30-31,38-40H,13,27-29H2,1-6H3/t38-,39-,40+,41-,52?/m0/s1. The van der Waals surface area contributed by atoms with E-state index in [4.69, 9.17) is 32.7 Å². The number of hydrogen-bond donors (Lipinski definition) is 0. The molecule has 0 N–H and O–H groups in total. The molecule has 2 heterocycles. The molecule has 4 aromatic carbocycles. The molecule has 9 nitrogen and oxygen atoms in total. The van der Waals surface area contributed by atoms with Crippen molar-refractivity contribution in [2.24, 2.45) is 0 Å². The Kier molecular flexibility index (Phi) is 12.3. The Labute approximate surface area is 309 Å². The smallest absolute Gasteiger partial charge is 0.259 e. The normalized spacial score (nSPS) is 21.8. The number of nitrogens with zero attached hydrogens (tertiary/aromatic N) is 2.